The molecule has 5 heteroatoms. The van der Waals surface area contributed by atoms with Crippen molar-refractivity contribution >= 4 is 28.6 Å². The highest BCUT2D eigenvalue weighted by Crippen LogP contribution is 2.28. The Balaban J connectivity index is 2.49. The van der Waals surface area contributed by atoms with Crippen LogP contribution < -0.4 is 0 Å². The standard InChI is InChI=1S/C6H9IO4/c1-2-9-5(8)6(7)10-3-4-11-6/h2-4H2,1H3. The predicted molar refractivity (Wildman–Crippen MR) is 45.3 cm³/mol. The second-order valence-electron chi connectivity index (χ2n) is 1.95. The number of alkyl halides is 1. The minimum absolute atomic E-state index is 0.344. The van der Waals surface area contributed by atoms with Crippen LogP contribution >= 0.6 is 22.6 Å². The highest BCUT2D eigenvalue weighted by Gasteiger charge is 2.43. The van der Waals surface area contributed by atoms with Gasteiger partial charge in [-0.1, -0.05) is 0 Å². The van der Waals surface area contributed by atoms with Gasteiger partial charge in [-0.2, -0.15) is 0 Å². The largest absolute Gasteiger partial charge is 0.461 e. The lowest BCUT2D eigenvalue weighted by molar-refractivity contribution is -0.175. The molecule has 64 valence electrons. The van der Waals surface area contributed by atoms with Gasteiger partial charge in [0.05, 0.1) is 19.8 Å². The molecule has 0 amide bonds. The van der Waals surface area contributed by atoms with Crippen molar-refractivity contribution < 1.29 is 19.0 Å². The van der Waals surface area contributed by atoms with Gasteiger partial charge in [0.25, 0.3) is 0 Å². The molecule has 1 heterocycles. The molecule has 1 rings (SSSR count). The summed E-state index contributed by atoms with van der Waals surface area (Å²) in [5, 5.41) is 0. The third kappa shape index (κ3) is 2.03. The summed E-state index contributed by atoms with van der Waals surface area (Å²) in [4.78, 5) is 11.1. The summed E-state index contributed by atoms with van der Waals surface area (Å²) in [7, 11) is 0. The zero-order chi connectivity index (χ0) is 8.32. The number of halogens is 1. The number of hydrogen-bond donors (Lipinski definition) is 0. The summed E-state index contributed by atoms with van der Waals surface area (Å²) in [6, 6.07) is 0. The van der Waals surface area contributed by atoms with E-state index >= 15 is 0 Å². The molecular formula is C6H9IO4. The van der Waals surface area contributed by atoms with Gasteiger partial charge in [0.15, 0.2) is 0 Å². The maximum Gasteiger partial charge on any atom is 0.378 e. The van der Waals surface area contributed by atoms with E-state index in [2.05, 4.69) is 0 Å². The first-order valence-corrected chi connectivity index (χ1v) is 4.41. The van der Waals surface area contributed by atoms with Gasteiger partial charge in [-0.05, 0) is 6.92 Å². The molecule has 0 aromatic heterocycles. The van der Waals surface area contributed by atoms with Crippen molar-refractivity contribution in [1.29, 1.82) is 0 Å². The third-order valence-electron chi connectivity index (χ3n) is 1.18. The minimum Gasteiger partial charge on any atom is -0.461 e. The van der Waals surface area contributed by atoms with Crippen molar-refractivity contribution in [2.24, 2.45) is 0 Å². The average molecular weight is 272 g/mol. The fraction of sp³-hybridized carbons (Fsp3) is 0.833. The molecule has 1 aliphatic heterocycles. The van der Waals surface area contributed by atoms with E-state index in [1.165, 1.54) is 0 Å². The van der Waals surface area contributed by atoms with Crippen LogP contribution in [0.25, 0.3) is 0 Å². The van der Waals surface area contributed by atoms with Gasteiger partial charge in [-0.15, -0.1) is 0 Å². The van der Waals surface area contributed by atoms with Crippen LogP contribution in [-0.2, 0) is 19.0 Å². The zero-order valence-corrected chi connectivity index (χ0v) is 8.29. The third-order valence-corrected chi connectivity index (χ3v) is 2.24. The van der Waals surface area contributed by atoms with Crippen LogP contribution in [0.2, 0.25) is 0 Å². The summed E-state index contributed by atoms with van der Waals surface area (Å²) in [5.41, 5.74) is 0. The lowest BCUT2D eigenvalue weighted by Crippen LogP contribution is -2.34. The molecule has 0 aliphatic carbocycles. The normalized spacial score (nSPS) is 21.6. The van der Waals surface area contributed by atoms with Crippen LogP contribution in [0.15, 0.2) is 0 Å². The molecule has 0 radical (unpaired) electrons. The number of carbonyl (C=O) groups excluding carboxylic acids is 1. The van der Waals surface area contributed by atoms with Crippen molar-refractivity contribution in [3.63, 3.8) is 0 Å². The molecule has 0 saturated carbocycles. The number of carbonyl (C=O) groups is 1. The molecule has 0 bridgehead atoms. The van der Waals surface area contributed by atoms with E-state index < -0.39 is 9.76 Å². The van der Waals surface area contributed by atoms with E-state index in [0.29, 0.717) is 19.8 Å². The van der Waals surface area contributed by atoms with Gasteiger partial charge in [0.1, 0.15) is 0 Å². The summed E-state index contributed by atoms with van der Waals surface area (Å²) in [6.45, 7) is 2.98. The fourth-order valence-electron chi connectivity index (χ4n) is 0.723. The first kappa shape index (κ1) is 9.21. The maximum absolute atomic E-state index is 11.1. The van der Waals surface area contributed by atoms with Gasteiger partial charge in [-0.25, -0.2) is 4.79 Å². The van der Waals surface area contributed by atoms with E-state index in [1.54, 1.807) is 29.5 Å². The highest BCUT2D eigenvalue weighted by molar-refractivity contribution is 14.1. The summed E-state index contributed by atoms with van der Waals surface area (Å²) >= 11 is 1.80. The Morgan fingerprint density at radius 1 is 1.64 bits per heavy atom. The van der Waals surface area contributed by atoms with E-state index in [1.807, 2.05) is 0 Å². The number of hydrogen-bond acceptors (Lipinski definition) is 4. The quantitative estimate of drug-likeness (QED) is 0.421. The van der Waals surface area contributed by atoms with Gasteiger partial charge in [0, 0.05) is 22.6 Å². The molecular weight excluding hydrogens is 263 g/mol. The zero-order valence-electron chi connectivity index (χ0n) is 6.13. The molecule has 4 nitrogen and oxygen atoms in total. The van der Waals surface area contributed by atoms with E-state index in [-0.39, 0.29) is 0 Å². The van der Waals surface area contributed by atoms with Crippen LogP contribution in [0.1, 0.15) is 6.92 Å². The van der Waals surface area contributed by atoms with Crippen LogP contribution in [-0.4, -0.2) is 29.6 Å². The Hall–Kier alpha value is 0.120. The molecule has 0 aromatic carbocycles. The van der Waals surface area contributed by atoms with Gasteiger partial charge < -0.3 is 14.2 Å². The van der Waals surface area contributed by atoms with Gasteiger partial charge in [0.2, 0.25) is 0 Å². The molecule has 1 fully saturated rings. The fourth-order valence-corrected chi connectivity index (χ4v) is 1.32. The Labute approximate surface area is 78.3 Å². The van der Waals surface area contributed by atoms with Crippen molar-refractivity contribution in [3.8, 4) is 0 Å². The Kier molecular flexibility index (Phi) is 3.08. The summed E-state index contributed by atoms with van der Waals surface area (Å²) in [6.07, 6.45) is 0. The van der Waals surface area contributed by atoms with Gasteiger partial charge in [-0.3, -0.25) is 0 Å². The molecule has 0 N–H and O–H groups in total. The van der Waals surface area contributed by atoms with Crippen molar-refractivity contribution in [3.05, 3.63) is 0 Å². The molecule has 0 atom stereocenters. The summed E-state index contributed by atoms with van der Waals surface area (Å²) in [5.74, 6) is -0.460. The smallest absolute Gasteiger partial charge is 0.378 e. The average Bonchev–Trinajstić information content (AvgIpc) is 2.38. The van der Waals surface area contributed by atoms with E-state index in [9.17, 15) is 4.79 Å². The maximum atomic E-state index is 11.1. The number of rotatable bonds is 2. The first-order valence-electron chi connectivity index (χ1n) is 3.33. The van der Waals surface area contributed by atoms with Crippen molar-refractivity contribution in [2.45, 2.75) is 10.7 Å². The molecule has 0 spiro atoms. The topological polar surface area (TPSA) is 44.8 Å². The van der Waals surface area contributed by atoms with Crippen LogP contribution in [0, 0.1) is 0 Å². The number of esters is 1. The lowest BCUT2D eigenvalue weighted by Gasteiger charge is -2.16. The number of ether oxygens (including phenoxy) is 3. The van der Waals surface area contributed by atoms with E-state index in [4.69, 9.17) is 14.2 Å². The molecule has 1 aliphatic rings. The molecule has 0 aromatic rings. The summed E-state index contributed by atoms with van der Waals surface area (Å²) < 4.78 is 13.6. The first-order chi connectivity index (χ1) is 5.19. The molecule has 0 unspecified atom stereocenters. The van der Waals surface area contributed by atoms with Crippen LogP contribution in [0.5, 0.6) is 0 Å². The SMILES string of the molecule is CCOC(=O)C1(I)OCCO1. The van der Waals surface area contributed by atoms with E-state index in [0.717, 1.165) is 0 Å². The van der Waals surface area contributed by atoms with Gasteiger partial charge >= 0.3 is 9.76 Å². The Morgan fingerprint density at radius 2 is 2.18 bits per heavy atom. The molecule has 1 saturated heterocycles. The van der Waals surface area contributed by atoms with Crippen molar-refractivity contribution in [2.75, 3.05) is 19.8 Å². The molecule has 11 heavy (non-hydrogen) atoms. The van der Waals surface area contributed by atoms with Crippen LogP contribution in [0.3, 0.4) is 0 Å². The lowest BCUT2D eigenvalue weighted by atomic mass is 10.6. The van der Waals surface area contributed by atoms with Crippen molar-refractivity contribution in [1.82, 2.24) is 0 Å². The monoisotopic (exact) mass is 272 g/mol. The Bertz CT molecular complexity index is 153. The Morgan fingerprint density at radius 3 is 2.64 bits per heavy atom. The second-order valence-corrected chi connectivity index (χ2v) is 3.37. The second kappa shape index (κ2) is 3.68. The predicted octanol–water partition coefficient (Wildman–Crippen LogP) is 0.685. The highest BCUT2D eigenvalue weighted by atomic mass is 127. The minimum atomic E-state index is -1.19. The van der Waals surface area contributed by atoms with Crippen LogP contribution in [0.4, 0.5) is 0 Å².